The van der Waals surface area contributed by atoms with E-state index in [1.54, 1.807) is 0 Å². The average Bonchev–Trinajstić information content (AvgIpc) is 2.48. The Bertz CT molecular complexity index is 654. The fourth-order valence-corrected chi connectivity index (χ4v) is 1.86. The highest BCUT2D eigenvalue weighted by Crippen LogP contribution is 2.17. The summed E-state index contributed by atoms with van der Waals surface area (Å²) in [7, 11) is 0. The molecule has 0 fully saturated rings. The molecule has 0 saturated carbocycles. The predicted molar refractivity (Wildman–Crippen MR) is 86.0 cm³/mol. The van der Waals surface area contributed by atoms with Gasteiger partial charge in [0.05, 0.1) is 9.85 Å². The second-order valence-corrected chi connectivity index (χ2v) is 4.60. The number of nitro benzene ring substituents is 2. The Labute approximate surface area is 130 Å². The number of nitro groups is 2. The van der Waals surface area contributed by atoms with Crippen LogP contribution in [0.25, 0.3) is 0 Å². The largest absolute Gasteiger partial charge is 0.332 e. The van der Waals surface area contributed by atoms with Crippen LogP contribution in [0.15, 0.2) is 48.5 Å². The molecular formula is C13H10N4O4S. The molecule has 2 aromatic rings. The lowest BCUT2D eigenvalue weighted by atomic mass is 10.3. The van der Waals surface area contributed by atoms with Crippen molar-refractivity contribution < 1.29 is 9.85 Å². The lowest BCUT2D eigenvalue weighted by Gasteiger charge is -2.10. The van der Waals surface area contributed by atoms with Crippen LogP contribution in [0, 0.1) is 20.2 Å². The maximum atomic E-state index is 10.6. The number of anilines is 2. The summed E-state index contributed by atoms with van der Waals surface area (Å²) in [5.74, 6) is 0. The van der Waals surface area contributed by atoms with Gasteiger partial charge in [-0.15, -0.1) is 0 Å². The fourth-order valence-electron chi connectivity index (χ4n) is 1.63. The molecule has 0 radical (unpaired) electrons. The van der Waals surface area contributed by atoms with Crippen LogP contribution in [0.4, 0.5) is 22.7 Å². The van der Waals surface area contributed by atoms with E-state index >= 15 is 0 Å². The first-order chi connectivity index (χ1) is 10.5. The molecule has 0 aliphatic heterocycles. The van der Waals surface area contributed by atoms with Crippen molar-refractivity contribution in [3.63, 3.8) is 0 Å². The topological polar surface area (TPSA) is 110 Å². The van der Waals surface area contributed by atoms with E-state index in [0.717, 1.165) is 0 Å². The SMILES string of the molecule is O=[N+]([O-])c1ccc(NC(=S)Nc2ccc([N+](=O)[O-])cc2)cc1. The Hall–Kier alpha value is -3.07. The minimum atomic E-state index is -0.489. The number of nitrogens with zero attached hydrogens (tertiary/aromatic N) is 2. The molecule has 0 bridgehead atoms. The van der Waals surface area contributed by atoms with Gasteiger partial charge in [-0.3, -0.25) is 20.2 Å². The van der Waals surface area contributed by atoms with Crippen molar-refractivity contribution in [3.05, 3.63) is 68.8 Å². The first kappa shape index (κ1) is 15.3. The Balaban J connectivity index is 1.97. The maximum Gasteiger partial charge on any atom is 0.269 e. The van der Waals surface area contributed by atoms with E-state index in [-0.39, 0.29) is 16.5 Å². The van der Waals surface area contributed by atoms with Crippen LogP contribution in [0.5, 0.6) is 0 Å². The number of rotatable bonds is 4. The van der Waals surface area contributed by atoms with Crippen LogP contribution >= 0.6 is 12.2 Å². The molecule has 0 atom stereocenters. The van der Waals surface area contributed by atoms with Gasteiger partial charge in [0.2, 0.25) is 0 Å². The molecule has 0 heterocycles. The number of non-ortho nitro benzene ring substituents is 2. The van der Waals surface area contributed by atoms with E-state index in [4.69, 9.17) is 12.2 Å². The highest BCUT2D eigenvalue weighted by atomic mass is 32.1. The zero-order valence-electron chi connectivity index (χ0n) is 11.1. The number of benzene rings is 2. The van der Waals surface area contributed by atoms with Crippen LogP contribution in [-0.2, 0) is 0 Å². The number of nitrogens with one attached hydrogen (secondary N) is 2. The van der Waals surface area contributed by atoms with Crippen LogP contribution in [-0.4, -0.2) is 15.0 Å². The number of hydrogen-bond donors (Lipinski definition) is 2. The average molecular weight is 318 g/mol. The van der Waals surface area contributed by atoms with E-state index in [0.29, 0.717) is 11.4 Å². The summed E-state index contributed by atoms with van der Waals surface area (Å²) in [5, 5.41) is 27.1. The molecule has 0 aromatic heterocycles. The van der Waals surface area contributed by atoms with Crippen molar-refractivity contribution in [1.82, 2.24) is 0 Å². The van der Waals surface area contributed by atoms with Gasteiger partial charge >= 0.3 is 0 Å². The number of thiocarbonyl (C=S) groups is 1. The van der Waals surface area contributed by atoms with Crippen molar-refractivity contribution in [2.45, 2.75) is 0 Å². The molecule has 0 amide bonds. The van der Waals surface area contributed by atoms with Gasteiger partial charge in [-0.1, -0.05) is 0 Å². The van der Waals surface area contributed by atoms with Gasteiger partial charge in [0, 0.05) is 35.6 Å². The fraction of sp³-hybridized carbons (Fsp3) is 0. The van der Waals surface area contributed by atoms with Crippen LogP contribution in [0.3, 0.4) is 0 Å². The normalized spacial score (nSPS) is 9.82. The first-order valence-corrected chi connectivity index (χ1v) is 6.43. The lowest BCUT2D eigenvalue weighted by molar-refractivity contribution is -0.385. The second kappa shape index (κ2) is 6.59. The van der Waals surface area contributed by atoms with Crippen LogP contribution < -0.4 is 10.6 Å². The zero-order valence-corrected chi connectivity index (χ0v) is 11.9. The summed E-state index contributed by atoms with van der Waals surface area (Å²) in [6, 6.07) is 11.6. The maximum absolute atomic E-state index is 10.6. The quantitative estimate of drug-likeness (QED) is 0.505. The van der Waals surface area contributed by atoms with Crippen molar-refractivity contribution in [3.8, 4) is 0 Å². The van der Waals surface area contributed by atoms with E-state index in [1.807, 2.05) is 0 Å². The highest BCUT2D eigenvalue weighted by Gasteiger charge is 2.06. The van der Waals surface area contributed by atoms with Crippen molar-refractivity contribution in [1.29, 1.82) is 0 Å². The molecule has 22 heavy (non-hydrogen) atoms. The van der Waals surface area contributed by atoms with Gasteiger partial charge in [-0.2, -0.15) is 0 Å². The Kier molecular flexibility index (Phi) is 4.59. The lowest BCUT2D eigenvalue weighted by Crippen LogP contribution is -2.18. The summed E-state index contributed by atoms with van der Waals surface area (Å²) in [4.78, 5) is 20.1. The van der Waals surface area contributed by atoms with Crippen molar-refractivity contribution in [2.75, 3.05) is 10.6 Å². The Morgan fingerprint density at radius 2 is 1.09 bits per heavy atom. The van der Waals surface area contributed by atoms with Gasteiger partial charge in [0.15, 0.2) is 5.11 Å². The molecule has 2 aromatic carbocycles. The predicted octanol–water partition coefficient (Wildman–Crippen LogP) is 3.31. The molecule has 112 valence electrons. The minimum absolute atomic E-state index is 0.0141. The molecule has 0 aliphatic rings. The second-order valence-electron chi connectivity index (χ2n) is 4.19. The summed E-state index contributed by atoms with van der Waals surface area (Å²) < 4.78 is 0. The molecular weight excluding hydrogens is 308 g/mol. The van der Waals surface area contributed by atoms with Gasteiger partial charge in [0.1, 0.15) is 0 Å². The summed E-state index contributed by atoms with van der Waals surface area (Å²) in [5.41, 5.74) is 1.15. The van der Waals surface area contributed by atoms with Crippen molar-refractivity contribution in [2.24, 2.45) is 0 Å². The van der Waals surface area contributed by atoms with Crippen LogP contribution in [0.1, 0.15) is 0 Å². The molecule has 0 spiro atoms. The molecule has 0 saturated heterocycles. The van der Waals surface area contributed by atoms with E-state index < -0.39 is 9.85 Å². The summed E-state index contributed by atoms with van der Waals surface area (Å²) in [6.07, 6.45) is 0. The number of hydrogen-bond acceptors (Lipinski definition) is 5. The highest BCUT2D eigenvalue weighted by molar-refractivity contribution is 7.80. The summed E-state index contributed by atoms with van der Waals surface area (Å²) in [6.45, 7) is 0. The standard InChI is InChI=1S/C13H10N4O4S/c18-16(19)11-5-1-9(2-6-11)14-13(22)15-10-3-7-12(8-4-10)17(20)21/h1-8H,(H2,14,15,22). The Morgan fingerprint density at radius 3 is 1.36 bits per heavy atom. The van der Waals surface area contributed by atoms with Crippen LogP contribution in [0.2, 0.25) is 0 Å². The third-order valence-electron chi connectivity index (χ3n) is 2.67. The summed E-state index contributed by atoms with van der Waals surface area (Å²) >= 11 is 5.10. The molecule has 9 heteroatoms. The van der Waals surface area contributed by atoms with Gasteiger partial charge in [0.25, 0.3) is 11.4 Å². The molecule has 8 nitrogen and oxygen atoms in total. The molecule has 2 N–H and O–H groups in total. The van der Waals surface area contributed by atoms with E-state index in [2.05, 4.69) is 10.6 Å². The molecule has 0 aliphatic carbocycles. The third-order valence-corrected chi connectivity index (χ3v) is 2.88. The van der Waals surface area contributed by atoms with Gasteiger partial charge < -0.3 is 10.6 Å². The monoisotopic (exact) mass is 318 g/mol. The molecule has 2 rings (SSSR count). The molecule has 0 unspecified atom stereocenters. The minimum Gasteiger partial charge on any atom is -0.332 e. The first-order valence-electron chi connectivity index (χ1n) is 6.02. The third kappa shape index (κ3) is 3.96. The van der Waals surface area contributed by atoms with E-state index in [9.17, 15) is 20.2 Å². The van der Waals surface area contributed by atoms with E-state index in [1.165, 1.54) is 48.5 Å². The zero-order chi connectivity index (χ0) is 16.1. The smallest absolute Gasteiger partial charge is 0.269 e. The van der Waals surface area contributed by atoms with Gasteiger partial charge in [-0.05, 0) is 36.5 Å². The van der Waals surface area contributed by atoms with Gasteiger partial charge in [-0.25, -0.2) is 0 Å². The van der Waals surface area contributed by atoms with Crippen molar-refractivity contribution >= 4 is 40.1 Å². The Morgan fingerprint density at radius 1 is 0.773 bits per heavy atom.